The van der Waals surface area contributed by atoms with E-state index in [-0.39, 0.29) is 23.0 Å². The molecule has 0 spiro atoms. The van der Waals surface area contributed by atoms with Gasteiger partial charge in [0.25, 0.3) is 5.56 Å². The fraction of sp³-hybridized carbons (Fsp3) is 0.500. The van der Waals surface area contributed by atoms with Crippen LogP contribution in [0.15, 0.2) is 9.59 Å². The summed E-state index contributed by atoms with van der Waals surface area (Å²) in [5.74, 6) is -0.267. The smallest absolute Gasteiger partial charge is 0.297 e. The Morgan fingerprint density at radius 3 is 2.44 bits per heavy atom. The summed E-state index contributed by atoms with van der Waals surface area (Å²) in [6.45, 7) is 1.28. The second kappa shape index (κ2) is 4.42. The van der Waals surface area contributed by atoms with Crippen molar-refractivity contribution >= 4 is 21.4 Å². The Labute approximate surface area is 96.8 Å². The highest BCUT2D eigenvalue weighted by molar-refractivity contribution is 7.90. The molecule has 90 valence electrons. The second-order valence-corrected chi connectivity index (χ2v) is 6.09. The monoisotopic (exact) mass is 266 g/mol. The molecule has 1 aromatic heterocycles. The molecule has 0 radical (unpaired) electrons. The first-order valence-corrected chi connectivity index (χ1v) is 6.83. The van der Waals surface area contributed by atoms with Crippen molar-refractivity contribution in [2.45, 2.75) is 13.5 Å². The molecular formula is C8H11ClN2O4S. The molecule has 0 aromatic carbocycles. The van der Waals surface area contributed by atoms with Crippen LogP contribution in [-0.2, 0) is 16.4 Å². The zero-order valence-electron chi connectivity index (χ0n) is 8.78. The van der Waals surface area contributed by atoms with Gasteiger partial charge in [0.15, 0.2) is 0 Å². The number of nitrogens with one attached hydrogen (secondary N) is 1. The molecule has 0 saturated carbocycles. The third kappa shape index (κ3) is 2.96. The van der Waals surface area contributed by atoms with E-state index in [0.717, 1.165) is 10.8 Å². The fourth-order valence-electron chi connectivity index (χ4n) is 1.10. The van der Waals surface area contributed by atoms with Gasteiger partial charge in [-0.2, -0.15) is 0 Å². The van der Waals surface area contributed by atoms with Crippen LogP contribution in [0.3, 0.4) is 0 Å². The molecule has 0 atom stereocenters. The van der Waals surface area contributed by atoms with Gasteiger partial charge in [-0.25, -0.2) is 13.2 Å². The van der Waals surface area contributed by atoms with Gasteiger partial charge in [0.05, 0.1) is 5.75 Å². The largest absolute Gasteiger partial charge is 0.329 e. The molecule has 1 N–H and O–H groups in total. The van der Waals surface area contributed by atoms with Crippen molar-refractivity contribution in [1.82, 2.24) is 9.55 Å². The van der Waals surface area contributed by atoms with Gasteiger partial charge in [-0.3, -0.25) is 14.3 Å². The van der Waals surface area contributed by atoms with Gasteiger partial charge in [-0.05, 0) is 6.92 Å². The molecule has 0 saturated heterocycles. The van der Waals surface area contributed by atoms with Crippen molar-refractivity contribution in [3.05, 3.63) is 31.6 Å². The average Bonchev–Trinajstić information content (AvgIpc) is 2.12. The van der Waals surface area contributed by atoms with Crippen LogP contribution < -0.4 is 11.2 Å². The van der Waals surface area contributed by atoms with Gasteiger partial charge in [-0.15, -0.1) is 0 Å². The van der Waals surface area contributed by atoms with E-state index in [1.54, 1.807) is 0 Å². The second-order valence-electron chi connectivity index (χ2n) is 3.46. The normalized spacial score (nSPS) is 11.7. The highest BCUT2D eigenvalue weighted by Crippen LogP contribution is 2.02. The molecule has 0 fully saturated rings. The van der Waals surface area contributed by atoms with Gasteiger partial charge >= 0.3 is 5.69 Å². The Bertz CT molecular complexity index is 614. The van der Waals surface area contributed by atoms with Crippen LogP contribution in [0.2, 0.25) is 5.15 Å². The van der Waals surface area contributed by atoms with Crippen LogP contribution in [0.4, 0.5) is 0 Å². The van der Waals surface area contributed by atoms with Crippen molar-refractivity contribution in [2.75, 3.05) is 12.0 Å². The quantitative estimate of drug-likeness (QED) is 0.750. The molecular weight excluding hydrogens is 256 g/mol. The standard InChI is InChI=1S/C8H11ClN2O4S/c1-5-6(9)10-8(13)11(7(5)12)3-4-16(2,14)15/h3-4H2,1-2H3,(H,10,13). The molecule has 8 heteroatoms. The Kier molecular flexibility index (Phi) is 3.59. The molecule has 0 bridgehead atoms. The van der Waals surface area contributed by atoms with Gasteiger partial charge in [0.2, 0.25) is 0 Å². The highest BCUT2D eigenvalue weighted by Gasteiger charge is 2.10. The molecule has 0 amide bonds. The van der Waals surface area contributed by atoms with Crippen molar-refractivity contribution in [1.29, 1.82) is 0 Å². The lowest BCUT2D eigenvalue weighted by atomic mass is 10.4. The molecule has 1 aromatic rings. The summed E-state index contributed by atoms with van der Waals surface area (Å²) < 4.78 is 22.7. The predicted molar refractivity (Wildman–Crippen MR) is 60.8 cm³/mol. The van der Waals surface area contributed by atoms with E-state index < -0.39 is 21.1 Å². The molecule has 0 aliphatic carbocycles. The first-order valence-electron chi connectivity index (χ1n) is 4.39. The predicted octanol–water partition coefficient (Wildman–Crippen LogP) is -0.457. The van der Waals surface area contributed by atoms with Crippen molar-refractivity contribution in [3.63, 3.8) is 0 Å². The highest BCUT2D eigenvalue weighted by atomic mass is 35.5. The third-order valence-corrected chi connectivity index (χ3v) is 3.34. The summed E-state index contributed by atoms with van der Waals surface area (Å²) in [5, 5.41) is -0.0226. The molecule has 0 aliphatic heterocycles. The number of hydrogen-bond donors (Lipinski definition) is 1. The topological polar surface area (TPSA) is 89.0 Å². The van der Waals surface area contributed by atoms with E-state index in [0.29, 0.717) is 0 Å². The summed E-state index contributed by atoms with van der Waals surface area (Å²) in [7, 11) is -3.22. The summed E-state index contributed by atoms with van der Waals surface area (Å²) in [5.41, 5.74) is -1.09. The van der Waals surface area contributed by atoms with E-state index in [1.807, 2.05) is 0 Å². The molecule has 6 nitrogen and oxygen atoms in total. The van der Waals surface area contributed by atoms with Crippen molar-refractivity contribution < 1.29 is 8.42 Å². The number of rotatable bonds is 3. The van der Waals surface area contributed by atoms with Crippen molar-refractivity contribution in [2.24, 2.45) is 0 Å². The summed E-state index contributed by atoms with van der Waals surface area (Å²) in [6.07, 6.45) is 1.04. The van der Waals surface area contributed by atoms with E-state index >= 15 is 0 Å². The van der Waals surface area contributed by atoms with Crippen LogP contribution in [0, 0.1) is 6.92 Å². The first-order chi connectivity index (χ1) is 7.22. The zero-order valence-corrected chi connectivity index (χ0v) is 10.4. The Morgan fingerprint density at radius 1 is 1.38 bits per heavy atom. The molecule has 0 unspecified atom stereocenters. The zero-order chi connectivity index (χ0) is 12.5. The maximum Gasteiger partial charge on any atom is 0.329 e. The van der Waals surface area contributed by atoms with E-state index in [2.05, 4.69) is 4.98 Å². The lowest BCUT2D eigenvalue weighted by molar-refractivity contribution is 0.588. The van der Waals surface area contributed by atoms with Gasteiger partial charge in [0, 0.05) is 18.4 Å². The minimum Gasteiger partial charge on any atom is -0.297 e. The van der Waals surface area contributed by atoms with E-state index in [4.69, 9.17) is 11.6 Å². The van der Waals surface area contributed by atoms with E-state index in [1.165, 1.54) is 6.92 Å². The molecule has 16 heavy (non-hydrogen) atoms. The minimum absolute atomic E-state index is 0.0226. The average molecular weight is 267 g/mol. The minimum atomic E-state index is -3.22. The molecule has 1 heterocycles. The van der Waals surface area contributed by atoms with Crippen LogP contribution in [0.25, 0.3) is 0 Å². The number of aromatic nitrogens is 2. The lowest BCUT2D eigenvalue weighted by Crippen LogP contribution is -2.38. The van der Waals surface area contributed by atoms with Crippen LogP contribution >= 0.6 is 11.6 Å². The third-order valence-electron chi connectivity index (χ3n) is 2.04. The van der Waals surface area contributed by atoms with Crippen molar-refractivity contribution in [3.8, 4) is 0 Å². The fourth-order valence-corrected chi connectivity index (χ4v) is 1.78. The maximum atomic E-state index is 11.6. The van der Waals surface area contributed by atoms with Crippen LogP contribution in [-0.4, -0.2) is 30.0 Å². The van der Waals surface area contributed by atoms with Gasteiger partial charge in [-0.1, -0.05) is 11.6 Å². The maximum absolute atomic E-state index is 11.6. The number of hydrogen-bond acceptors (Lipinski definition) is 4. The Balaban J connectivity index is 3.21. The first kappa shape index (κ1) is 13.0. The molecule has 0 aliphatic rings. The van der Waals surface area contributed by atoms with Crippen LogP contribution in [0.1, 0.15) is 5.56 Å². The number of nitrogens with zero attached hydrogens (tertiary/aromatic N) is 1. The SMILES string of the molecule is Cc1c(Cl)[nH]c(=O)n(CCS(C)(=O)=O)c1=O. The lowest BCUT2D eigenvalue weighted by Gasteiger charge is -2.05. The van der Waals surface area contributed by atoms with E-state index in [9.17, 15) is 18.0 Å². The number of H-pyrrole nitrogens is 1. The van der Waals surface area contributed by atoms with Crippen LogP contribution in [0.5, 0.6) is 0 Å². The van der Waals surface area contributed by atoms with Gasteiger partial charge in [0.1, 0.15) is 15.0 Å². The summed E-state index contributed by atoms with van der Waals surface area (Å²) in [6, 6.07) is 0. The number of aromatic amines is 1. The summed E-state index contributed by atoms with van der Waals surface area (Å²) in [4.78, 5) is 25.2. The van der Waals surface area contributed by atoms with Gasteiger partial charge < -0.3 is 0 Å². The Hall–Kier alpha value is -1.08. The molecule has 1 rings (SSSR count). The summed E-state index contributed by atoms with van der Waals surface area (Å²) >= 11 is 5.59. The number of halogens is 1. The Morgan fingerprint density at radius 2 is 1.94 bits per heavy atom. The number of sulfone groups is 1.